The van der Waals surface area contributed by atoms with E-state index in [2.05, 4.69) is 43.1 Å². The van der Waals surface area contributed by atoms with E-state index in [-0.39, 0.29) is 30.1 Å². The van der Waals surface area contributed by atoms with E-state index in [0.29, 0.717) is 5.82 Å². The fraction of sp³-hybridized carbons (Fsp3) is 0.417. The van der Waals surface area contributed by atoms with Gasteiger partial charge in [-0.3, -0.25) is 0 Å². The number of hydrogen-bond acceptors (Lipinski definition) is 9. The average Bonchev–Trinajstić information content (AvgIpc) is 3.43. The Labute approximate surface area is 191 Å². The van der Waals surface area contributed by atoms with Crippen LogP contribution in [0.15, 0.2) is 36.8 Å². The molecule has 0 radical (unpaired) electrons. The number of fused-ring (bicyclic) bond motifs is 3. The lowest BCUT2D eigenvalue weighted by Crippen LogP contribution is -2.43. The van der Waals surface area contributed by atoms with Gasteiger partial charge in [0.2, 0.25) is 5.95 Å². The van der Waals surface area contributed by atoms with Gasteiger partial charge >= 0.3 is 0 Å². The highest BCUT2D eigenvalue weighted by Gasteiger charge is 2.55. The van der Waals surface area contributed by atoms with Crippen LogP contribution in [0.1, 0.15) is 31.4 Å². The Hall–Kier alpha value is -3.30. The zero-order valence-electron chi connectivity index (χ0n) is 18.7. The molecule has 170 valence electrons. The van der Waals surface area contributed by atoms with Crippen LogP contribution in [0.5, 0.6) is 0 Å². The van der Waals surface area contributed by atoms with Gasteiger partial charge < -0.3 is 25.8 Å². The molecule has 6 rings (SSSR count). The second kappa shape index (κ2) is 7.36. The van der Waals surface area contributed by atoms with Crippen molar-refractivity contribution >= 4 is 34.6 Å². The van der Waals surface area contributed by atoms with Gasteiger partial charge in [-0.25, -0.2) is 19.9 Å². The molecular formula is C24H27N7O2. The average molecular weight is 446 g/mol. The van der Waals surface area contributed by atoms with E-state index in [1.54, 1.807) is 12.5 Å². The highest BCUT2D eigenvalue weighted by atomic mass is 16.8. The molecule has 1 saturated heterocycles. The topological polar surface area (TPSA) is 125 Å². The Morgan fingerprint density at radius 3 is 2.85 bits per heavy atom. The molecule has 3 aliphatic rings. The highest BCUT2D eigenvalue weighted by molar-refractivity contribution is 5.81. The molecule has 1 saturated carbocycles. The van der Waals surface area contributed by atoms with Gasteiger partial charge in [0.15, 0.2) is 5.79 Å². The van der Waals surface area contributed by atoms with Gasteiger partial charge in [-0.2, -0.15) is 0 Å². The van der Waals surface area contributed by atoms with Crippen LogP contribution in [0.3, 0.4) is 0 Å². The number of anilines is 3. The molecule has 1 aromatic carbocycles. The maximum Gasteiger partial charge on any atom is 0.220 e. The molecule has 9 nitrogen and oxygen atoms in total. The molecule has 4 N–H and O–H groups in total. The summed E-state index contributed by atoms with van der Waals surface area (Å²) in [5.41, 5.74) is 14.8. The normalized spacial score (nSPS) is 28.0. The first-order valence-corrected chi connectivity index (χ1v) is 11.3. The van der Waals surface area contributed by atoms with Gasteiger partial charge in [0.1, 0.15) is 24.1 Å². The van der Waals surface area contributed by atoms with E-state index >= 15 is 0 Å². The lowest BCUT2D eigenvalue weighted by Gasteiger charge is -2.31. The number of nitrogens with zero attached hydrogens (tertiary/aromatic N) is 5. The van der Waals surface area contributed by atoms with Gasteiger partial charge in [0.25, 0.3) is 0 Å². The fourth-order valence-corrected chi connectivity index (χ4v) is 5.44. The predicted octanol–water partition coefficient (Wildman–Crippen LogP) is 2.57. The summed E-state index contributed by atoms with van der Waals surface area (Å²) in [7, 11) is 0. The fourth-order valence-electron chi connectivity index (χ4n) is 5.44. The van der Waals surface area contributed by atoms with Crippen LogP contribution in [0.2, 0.25) is 0 Å². The third kappa shape index (κ3) is 3.48. The maximum absolute atomic E-state index is 6.39. The number of hydrogen-bond donors (Lipinski definition) is 2. The lowest BCUT2D eigenvalue weighted by atomic mass is 10.0. The molecule has 1 aliphatic carbocycles. The second-order valence-electron chi connectivity index (χ2n) is 9.44. The molecule has 0 bridgehead atoms. The Bertz CT molecular complexity index is 1260. The summed E-state index contributed by atoms with van der Waals surface area (Å²) in [6.07, 6.45) is 9.35. The summed E-state index contributed by atoms with van der Waals surface area (Å²) in [6.45, 7) is 4.82. The monoisotopic (exact) mass is 445 g/mol. The maximum atomic E-state index is 6.39. The SMILES string of the molecule is CC1(C)O[C@@H]2[C@H](O1)[C@@H](/C=C/c1ccc3cnc(N)nc3c1)C[C@H]2N1CCc2c(N)ncnc21. The quantitative estimate of drug-likeness (QED) is 0.625. The molecule has 9 heteroatoms. The molecule has 0 amide bonds. The second-order valence-corrected chi connectivity index (χ2v) is 9.44. The van der Waals surface area contributed by atoms with Gasteiger partial charge in [-0.05, 0) is 38.3 Å². The van der Waals surface area contributed by atoms with Crippen LogP contribution in [0.25, 0.3) is 17.0 Å². The Balaban J connectivity index is 1.29. The van der Waals surface area contributed by atoms with Crippen molar-refractivity contribution in [1.29, 1.82) is 0 Å². The molecular weight excluding hydrogens is 418 g/mol. The summed E-state index contributed by atoms with van der Waals surface area (Å²) >= 11 is 0. The first kappa shape index (κ1) is 20.3. The molecule has 0 unspecified atom stereocenters. The molecule has 2 aliphatic heterocycles. The zero-order valence-corrected chi connectivity index (χ0v) is 18.7. The largest absolute Gasteiger partial charge is 0.383 e. The molecule has 2 fully saturated rings. The van der Waals surface area contributed by atoms with Crippen LogP contribution >= 0.6 is 0 Å². The highest BCUT2D eigenvalue weighted by Crippen LogP contribution is 2.46. The summed E-state index contributed by atoms with van der Waals surface area (Å²) in [5.74, 6) is 1.36. The number of ether oxygens (including phenoxy) is 2. The van der Waals surface area contributed by atoms with Gasteiger partial charge in [0.05, 0.1) is 17.7 Å². The Kier molecular flexibility index (Phi) is 4.53. The van der Waals surface area contributed by atoms with Crippen molar-refractivity contribution in [1.82, 2.24) is 19.9 Å². The summed E-state index contributed by atoms with van der Waals surface area (Å²) in [5, 5.41) is 0.964. The lowest BCUT2D eigenvalue weighted by molar-refractivity contribution is -0.155. The number of nitrogen functional groups attached to an aromatic ring is 2. The number of aromatic nitrogens is 4. The van der Waals surface area contributed by atoms with E-state index in [0.717, 1.165) is 47.2 Å². The minimum Gasteiger partial charge on any atom is -0.383 e. The number of rotatable bonds is 3. The van der Waals surface area contributed by atoms with Crippen molar-refractivity contribution in [3.8, 4) is 0 Å². The molecule has 4 heterocycles. The minimum absolute atomic E-state index is 0.0251. The van der Waals surface area contributed by atoms with Crippen molar-refractivity contribution in [2.75, 3.05) is 22.9 Å². The Morgan fingerprint density at radius 2 is 1.97 bits per heavy atom. The van der Waals surface area contributed by atoms with Crippen LogP contribution in [-0.4, -0.2) is 50.5 Å². The van der Waals surface area contributed by atoms with Crippen molar-refractivity contribution in [2.45, 2.75) is 50.7 Å². The Morgan fingerprint density at radius 1 is 1.12 bits per heavy atom. The van der Waals surface area contributed by atoms with Crippen LogP contribution < -0.4 is 16.4 Å². The van der Waals surface area contributed by atoms with E-state index < -0.39 is 5.79 Å². The van der Waals surface area contributed by atoms with Gasteiger partial charge in [0, 0.05) is 29.6 Å². The summed E-state index contributed by atoms with van der Waals surface area (Å²) in [4.78, 5) is 19.4. The third-order valence-corrected chi connectivity index (χ3v) is 6.87. The summed E-state index contributed by atoms with van der Waals surface area (Å²) < 4.78 is 12.8. The molecule has 4 atom stereocenters. The minimum atomic E-state index is -0.620. The van der Waals surface area contributed by atoms with Crippen molar-refractivity contribution in [3.63, 3.8) is 0 Å². The first-order chi connectivity index (χ1) is 15.9. The first-order valence-electron chi connectivity index (χ1n) is 11.3. The van der Waals surface area contributed by atoms with Crippen molar-refractivity contribution < 1.29 is 9.47 Å². The zero-order chi connectivity index (χ0) is 22.7. The standard InChI is InChI=1S/C24H27N7O2/c1-24(2)32-19-14(5-3-13-4-6-15-11-27-23(26)30-17(15)9-13)10-18(20(19)33-24)31-8-7-16-21(25)28-12-29-22(16)31/h3-6,9,11-12,14,18-20H,7-8,10H2,1-2H3,(H2,25,28,29)(H2,26,27,30)/b5-3+/t14-,18+,19+,20-/m0/s1. The molecule has 0 spiro atoms. The van der Waals surface area contributed by atoms with Gasteiger partial charge in [-0.15, -0.1) is 0 Å². The molecule has 2 aromatic heterocycles. The van der Waals surface area contributed by atoms with Crippen LogP contribution in [0.4, 0.5) is 17.6 Å². The van der Waals surface area contributed by atoms with E-state index in [1.807, 2.05) is 26.0 Å². The molecule has 33 heavy (non-hydrogen) atoms. The van der Waals surface area contributed by atoms with E-state index in [1.165, 1.54) is 0 Å². The van der Waals surface area contributed by atoms with Crippen LogP contribution in [-0.2, 0) is 15.9 Å². The van der Waals surface area contributed by atoms with Crippen molar-refractivity contribution in [2.24, 2.45) is 5.92 Å². The van der Waals surface area contributed by atoms with Crippen LogP contribution in [0, 0.1) is 5.92 Å². The van der Waals surface area contributed by atoms with Gasteiger partial charge in [-0.1, -0.05) is 24.3 Å². The van der Waals surface area contributed by atoms with Crippen molar-refractivity contribution in [3.05, 3.63) is 47.9 Å². The van der Waals surface area contributed by atoms with E-state index in [4.69, 9.17) is 20.9 Å². The third-order valence-electron chi connectivity index (χ3n) is 6.87. The number of nitrogens with two attached hydrogens (primary N) is 2. The predicted molar refractivity (Wildman–Crippen MR) is 126 cm³/mol. The molecule has 3 aromatic rings. The number of benzene rings is 1. The van der Waals surface area contributed by atoms with E-state index in [9.17, 15) is 0 Å². The summed E-state index contributed by atoms with van der Waals surface area (Å²) in [6, 6.07) is 6.26. The smallest absolute Gasteiger partial charge is 0.220 e.